The first kappa shape index (κ1) is 26.1. The summed E-state index contributed by atoms with van der Waals surface area (Å²) < 4.78 is 10.9. The molecule has 0 heterocycles. The van der Waals surface area contributed by atoms with Crippen molar-refractivity contribution in [3.05, 3.63) is 93.5 Å². The molecule has 184 valence electrons. The summed E-state index contributed by atoms with van der Waals surface area (Å²) in [4.78, 5) is 26.4. The Balaban J connectivity index is 1.84. The lowest BCUT2D eigenvalue weighted by Gasteiger charge is -2.24. The average molecular weight is 496 g/mol. The largest absolute Gasteiger partial charge is 0.496 e. The fourth-order valence-corrected chi connectivity index (χ4v) is 4.19. The summed E-state index contributed by atoms with van der Waals surface area (Å²) in [5, 5.41) is 9.73. The van der Waals surface area contributed by atoms with Gasteiger partial charge in [-0.2, -0.15) is 0 Å². The highest BCUT2D eigenvalue weighted by atomic mass is 35.5. The van der Waals surface area contributed by atoms with Crippen molar-refractivity contribution >= 4 is 23.5 Å². The second-order valence-corrected chi connectivity index (χ2v) is 8.72. The van der Waals surface area contributed by atoms with Gasteiger partial charge in [0.25, 0.3) is 5.91 Å². The predicted octanol–water partition coefficient (Wildman–Crippen LogP) is 5.57. The standard InChI is InChI=1S/C28H30ClNO5/c1-19-25(34-2)16-23(17-26(19)35-3)28(33)30(14-6-8-22-7-4-5-9-24(22)29)18-21-12-10-20(11-13-21)15-27(31)32/h4-5,7,9-13,16-17H,6,8,14-15,18H2,1-3H3,(H,31,32). The van der Waals surface area contributed by atoms with Crippen molar-refractivity contribution in [2.45, 2.75) is 32.7 Å². The Kier molecular flexibility index (Phi) is 9.15. The number of aryl methyl sites for hydroxylation is 1. The first-order chi connectivity index (χ1) is 16.8. The third-order valence-electron chi connectivity index (χ3n) is 5.87. The maximum Gasteiger partial charge on any atom is 0.307 e. The van der Waals surface area contributed by atoms with Gasteiger partial charge >= 0.3 is 5.97 Å². The molecule has 0 radical (unpaired) electrons. The molecule has 3 rings (SSSR count). The van der Waals surface area contributed by atoms with Gasteiger partial charge < -0.3 is 19.5 Å². The molecular formula is C28H30ClNO5. The van der Waals surface area contributed by atoms with Crippen LogP contribution >= 0.6 is 11.6 Å². The molecule has 0 aliphatic heterocycles. The lowest BCUT2D eigenvalue weighted by atomic mass is 10.1. The lowest BCUT2D eigenvalue weighted by molar-refractivity contribution is -0.136. The van der Waals surface area contributed by atoms with E-state index in [1.807, 2.05) is 43.3 Å². The summed E-state index contributed by atoms with van der Waals surface area (Å²) >= 11 is 6.31. The van der Waals surface area contributed by atoms with E-state index in [4.69, 9.17) is 26.2 Å². The summed E-state index contributed by atoms with van der Waals surface area (Å²) in [6, 6.07) is 18.5. The SMILES string of the molecule is COc1cc(C(=O)N(CCCc2ccccc2Cl)Cc2ccc(CC(=O)O)cc2)cc(OC)c1C. The van der Waals surface area contributed by atoms with E-state index in [9.17, 15) is 9.59 Å². The Labute approximate surface area is 211 Å². The third kappa shape index (κ3) is 6.99. The second kappa shape index (κ2) is 12.3. The van der Waals surface area contributed by atoms with Crippen molar-refractivity contribution in [1.82, 2.24) is 4.90 Å². The molecule has 0 bridgehead atoms. The molecular weight excluding hydrogens is 466 g/mol. The van der Waals surface area contributed by atoms with Crippen LogP contribution < -0.4 is 9.47 Å². The van der Waals surface area contributed by atoms with Crippen LogP contribution in [0, 0.1) is 6.92 Å². The van der Waals surface area contributed by atoms with Gasteiger partial charge in [0, 0.05) is 29.2 Å². The van der Waals surface area contributed by atoms with Crippen molar-refractivity contribution in [1.29, 1.82) is 0 Å². The van der Waals surface area contributed by atoms with E-state index in [1.165, 1.54) is 0 Å². The number of carbonyl (C=O) groups excluding carboxylic acids is 1. The van der Waals surface area contributed by atoms with Gasteiger partial charge in [0.05, 0.1) is 20.6 Å². The van der Waals surface area contributed by atoms with E-state index in [1.54, 1.807) is 43.4 Å². The van der Waals surface area contributed by atoms with E-state index in [0.717, 1.165) is 29.5 Å². The maximum absolute atomic E-state index is 13.6. The first-order valence-corrected chi connectivity index (χ1v) is 11.7. The minimum Gasteiger partial charge on any atom is -0.496 e. The van der Waals surface area contributed by atoms with Crippen LogP contribution in [-0.4, -0.2) is 42.6 Å². The fourth-order valence-electron chi connectivity index (χ4n) is 3.96. The van der Waals surface area contributed by atoms with Crippen molar-refractivity contribution in [2.75, 3.05) is 20.8 Å². The summed E-state index contributed by atoms with van der Waals surface area (Å²) in [6.07, 6.45) is 1.43. The Morgan fingerprint density at radius 1 is 0.943 bits per heavy atom. The highest BCUT2D eigenvalue weighted by molar-refractivity contribution is 6.31. The maximum atomic E-state index is 13.6. The molecule has 3 aromatic rings. The topological polar surface area (TPSA) is 76.1 Å². The quantitative estimate of drug-likeness (QED) is 0.376. The smallest absolute Gasteiger partial charge is 0.307 e. The predicted molar refractivity (Wildman–Crippen MR) is 137 cm³/mol. The van der Waals surface area contributed by atoms with E-state index in [-0.39, 0.29) is 12.3 Å². The third-order valence-corrected chi connectivity index (χ3v) is 6.24. The number of methoxy groups -OCH3 is 2. The second-order valence-electron chi connectivity index (χ2n) is 8.31. The molecule has 0 unspecified atom stereocenters. The minimum atomic E-state index is -0.878. The van der Waals surface area contributed by atoms with Crippen LogP contribution in [0.3, 0.4) is 0 Å². The van der Waals surface area contributed by atoms with Gasteiger partial charge in [-0.15, -0.1) is 0 Å². The normalized spacial score (nSPS) is 10.6. The number of carboxylic acid groups (broad SMARTS) is 1. The highest BCUT2D eigenvalue weighted by Gasteiger charge is 2.20. The van der Waals surface area contributed by atoms with Gasteiger partial charge in [-0.05, 0) is 54.7 Å². The Morgan fingerprint density at radius 3 is 2.11 bits per heavy atom. The van der Waals surface area contributed by atoms with E-state index in [2.05, 4.69) is 0 Å². The average Bonchev–Trinajstić information content (AvgIpc) is 2.85. The Hall–Kier alpha value is -3.51. The number of aliphatic carboxylic acids is 1. The number of nitrogens with zero attached hydrogens (tertiary/aromatic N) is 1. The zero-order valence-corrected chi connectivity index (χ0v) is 21.0. The summed E-state index contributed by atoms with van der Waals surface area (Å²) in [5.41, 5.74) is 3.97. The van der Waals surface area contributed by atoms with Crippen molar-refractivity contribution in [3.63, 3.8) is 0 Å². The molecule has 0 saturated carbocycles. The number of amides is 1. The zero-order valence-electron chi connectivity index (χ0n) is 20.2. The van der Waals surface area contributed by atoms with Crippen LogP contribution in [0.1, 0.15) is 39.0 Å². The van der Waals surface area contributed by atoms with Crippen LogP contribution in [0.2, 0.25) is 5.02 Å². The number of benzene rings is 3. The summed E-state index contributed by atoms with van der Waals surface area (Å²) in [5.74, 6) is 0.148. The van der Waals surface area contributed by atoms with Crippen LogP contribution in [0.5, 0.6) is 11.5 Å². The number of carboxylic acids is 1. The molecule has 0 aliphatic rings. The molecule has 1 N–H and O–H groups in total. The summed E-state index contributed by atoms with van der Waals surface area (Å²) in [7, 11) is 3.13. The van der Waals surface area contributed by atoms with Gasteiger partial charge in [0.2, 0.25) is 0 Å². The zero-order chi connectivity index (χ0) is 25.4. The number of hydrogen-bond acceptors (Lipinski definition) is 4. The Bertz CT molecular complexity index is 1150. The molecule has 7 heteroatoms. The van der Waals surface area contributed by atoms with Crippen molar-refractivity contribution < 1.29 is 24.2 Å². The molecule has 0 atom stereocenters. The molecule has 0 aliphatic carbocycles. The molecule has 6 nitrogen and oxygen atoms in total. The molecule has 35 heavy (non-hydrogen) atoms. The molecule has 0 aromatic heterocycles. The Morgan fingerprint density at radius 2 is 1.54 bits per heavy atom. The van der Waals surface area contributed by atoms with Crippen LogP contribution in [0.25, 0.3) is 0 Å². The molecule has 0 saturated heterocycles. The van der Waals surface area contributed by atoms with E-state index < -0.39 is 5.97 Å². The fraction of sp³-hybridized carbons (Fsp3) is 0.286. The van der Waals surface area contributed by atoms with Crippen molar-refractivity contribution in [2.24, 2.45) is 0 Å². The lowest BCUT2D eigenvalue weighted by Crippen LogP contribution is -2.32. The number of rotatable bonds is 11. The van der Waals surface area contributed by atoms with Crippen LogP contribution in [0.4, 0.5) is 0 Å². The molecule has 1 amide bonds. The number of halogens is 1. The minimum absolute atomic E-state index is 0.0380. The van der Waals surface area contributed by atoms with Gasteiger partial charge in [0.1, 0.15) is 11.5 Å². The van der Waals surface area contributed by atoms with Gasteiger partial charge in [0.15, 0.2) is 0 Å². The monoisotopic (exact) mass is 495 g/mol. The van der Waals surface area contributed by atoms with Gasteiger partial charge in [-0.1, -0.05) is 54.1 Å². The molecule has 0 fully saturated rings. The number of ether oxygens (including phenoxy) is 2. The first-order valence-electron chi connectivity index (χ1n) is 11.4. The van der Waals surface area contributed by atoms with E-state index in [0.29, 0.717) is 40.7 Å². The van der Waals surface area contributed by atoms with Crippen molar-refractivity contribution in [3.8, 4) is 11.5 Å². The number of hydrogen-bond donors (Lipinski definition) is 1. The van der Waals surface area contributed by atoms with Crippen LogP contribution in [-0.2, 0) is 24.2 Å². The van der Waals surface area contributed by atoms with Gasteiger partial charge in [-0.3, -0.25) is 9.59 Å². The molecule has 0 spiro atoms. The molecule has 3 aromatic carbocycles. The summed E-state index contributed by atoms with van der Waals surface area (Å²) in [6.45, 7) is 2.78. The number of carbonyl (C=O) groups is 2. The van der Waals surface area contributed by atoms with Gasteiger partial charge in [-0.25, -0.2) is 0 Å². The van der Waals surface area contributed by atoms with Crippen LogP contribution in [0.15, 0.2) is 60.7 Å². The highest BCUT2D eigenvalue weighted by Crippen LogP contribution is 2.30. The van der Waals surface area contributed by atoms with E-state index >= 15 is 0 Å².